The Labute approximate surface area is 83.4 Å². The van der Waals surface area contributed by atoms with Crippen molar-refractivity contribution >= 4 is 12.3 Å². The van der Waals surface area contributed by atoms with Gasteiger partial charge in [-0.3, -0.25) is 9.59 Å². The number of rotatable bonds is 4. The van der Waals surface area contributed by atoms with Crippen molar-refractivity contribution in [2.45, 2.75) is 19.4 Å². The van der Waals surface area contributed by atoms with Gasteiger partial charge in [0, 0.05) is 13.1 Å². The average Bonchev–Trinajstić information content (AvgIpc) is 2.25. The molecule has 0 saturated carbocycles. The minimum Gasteiger partial charge on any atom is -0.377 e. The monoisotopic (exact) mass is 200 g/mol. The van der Waals surface area contributed by atoms with Crippen molar-refractivity contribution < 1.29 is 14.3 Å². The van der Waals surface area contributed by atoms with E-state index >= 15 is 0 Å². The molecule has 1 fully saturated rings. The summed E-state index contributed by atoms with van der Waals surface area (Å²) in [5, 5.41) is 2.75. The fourth-order valence-corrected chi connectivity index (χ4v) is 1.33. The van der Waals surface area contributed by atoms with Gasteiger partial charge in [0.15, 0.2) is 0 Å². The van der Waals surface area contributed by atoms with Gasteiger partial charge in [0.25, 0.3) is 0 Å². The van der Waals surface area contributed by atoms with Crippen LogP contribution in [-0.4, -0.2) is 49.6 Å². The molecule has 5 nitrogen and oxygen atoms in total. The van der Waals surface area contributed by atoms with Crippen molar-refractivity contribution in [3.63, 3.8) is 0 Å². The van der Waals surface area contributed by atoms with Gasteiger partial charge in [0.1, 0.15) is 6.04 Å². The van der Waals surface area contributed by atoms with E-state index in [-0.39, 0.29) is 5.91 Å². The zero-order chi connectivity index (χ0) is 10.4. The number of hydrogen-bond acceptors (Lipinski definition) is 3. The molecule has 1 heterocycles. The standard InChI is InChI=1S/C9H16N2O3/c1-2-3-10-9(13)8-6-14-5-4-11(8)7-12/h7-8H,2-6H2,1H3,(H,10,13). The van der Waals surface area contributed by atoms with E-state index < -0.39 is 6.04 Å². The highest BCUT2D eigenvalue weighted by molar-refractivity contribution is 5.83. The van der Waals surface area contributed by atoms with E-state index in [9.17, 15) is 9.59 Å². The van der Waals surface area contributed by atoms with Crippen molar-refractivity contribution in [1.29, 1.82) is 0 Å². The largest absolute Gasteiger partial charge is 0.377 e. The topological polar surface area (TPSA) is 58.6 Å². The molecule has 1 atom stereocenters. The molecule has 0 radical (unpaired) electrons. The normalized spacial score (nSPS) is 21.8. The van der Waals surface area contributed by atoms with Crippen molar-refractivity contribution in [1.82, 2.24) is 10.2 Å². The lowest BCUT2D eigenvalue weighted by molar-refractivity contribution is -0.140. The second-order valence-electron chi connectivity index (χ2n) is 3.22. The molecular weight excluding hydrogens is 184 g/mol. The molecule has 1 N–H and O–H groups in total. The molecule has 1 rings (SSSR count). The highest BCUT2D eigenvalue weighted by Gasteiger charge is 2.27. The van der Waals surface area contributed by atoms with Crippen LogP contribution in [0.3, 0.4) is 0 Å². The zero-order valence-corrected chi connectivity index (χ0v) is 8.36. The quantitative estimate of drug-likeness (QED) is 0.615. The number of nitrogens with one attached hydrogen (secondary N) is 1. The van der Waals surface area contributed by atoms with Gasteiger partial charge in [-0.25, -0.2) is 0 Å². The molecule has 80 valence electrons. The SMILES string of the molecule is CCCNC(=O)C1COCCN1C=O. The lowest BCUT2D eigenvalue weighted by atomic mass is 10.2. The highest BCUT2D eigenvalue weighted by Crippen LogP contribution is 2.04. The molecule has 0 aromatic carbocycles. The van der Waals surface area contributed by atoms with E-state index in [0.29, 0.717) is 32.7 Å². The summed E-state index contributed by atoms with van der Waals surface area (Å²) < 4.78 is 5.15. The number of amides is 2. The van der Waals surface area contributed by atoms with E-state index in [1.807, 2.05) is 6.92 Å². The second kappa shape index (κ2) is 5.59. The summed E-state index contributed by atoms with van der Waals surface area (Å²) in [7, 11) is 0. The van der Waals surface area contributed by atoms with Crippen LogP contribution in [-0.2, 0) is 14.3 Å². The van der Waals surface area contributed by atoms with Gasteiger partial charge in [-0.15, -0.1) is 0 Å². The van der Waals surface area contributed by atoms with Gasteiger partial charge in [-0.2, -0.15) is 0 Å². The van der Waals surface area contributed by atoms with Crippen molar-refractivity contribution in [3.8, 4) is 0 Å². The summed E-state index contributed by atoms with van der Waals surface area (Å²) in [6, 6.07) is -0.451. The number of ether oxygens (including phenoxy) is 1. The van der Waals surface area contributed by atoms with Crippen LogP contribution in [0.5, 0.6) is 0 Å². The summed E-state index contributed by atoms with van der Waals surface area (Å²) in [5.41, 5.74) is 0. The number of morpholine rings is 1. The minimum atomic E-state index is -0.451. The first-order valence-corrected chi connectivity index (χ1v) is 4.86. The Morgan fingerprint density at radius 1 is 1.71 bits per heavy atom. The maximum Gasteiger partial charge on any atom is 0.245 e. The number of nitrogens with zero attached hydrogens (tertiary/aromatic N) is 1. The summed E-state index contributed by atoms with van der Waals surface area (Å²) in [6.07, 6.45) is 1.60. The van der Waals surface area contributed by atoms with Crippen molar-refractivity contribution in [3.05, 3.63) is 0 Å². The summed E-state index contributed by atoms with van der Waals surface area (Å²) in [5.74, 6) is -0.126. The number of carbonyl (C=O) groups excluding carboxylic acids is 2. The molecule has 5 heteroatoms. The van der Waals surface area contributed by atoms with Gasteiger partial charge < -0.3 is 15.0 Å². The van der Waals surface area contributed by atoms with E-state index in [2.05, 4.69) is 5.32 Å². The van der Waals surface area contributed by atoms with Gasteiger partial charge in [-0.1, -0.05) is 6.92 Å². The van der Waals surface area contributed by atoms with E-state index in [1.54, 1.807) is 0 Å². The number of carbonyl (C=O) groups is 2. The van der Waals surface area contributed by atoms with Gasteiger partial charge >= 0.3 is 0 Å². The summed E-state index contributed by atoms with van der Waals surface area (Å²) in [4.78, 5) is 23.7. The van der Waals surface area contributed by atoms with E-state index in [1.165, 1.54) is 4.90 Å². The van der Waals surface area contributed by atoms with Crippen LogP contribution in [0, 0.1) is 0 Å². The van der Waals surface area contributed by atoms with E-state index in [0.717, 1.165) is 6.42 Å². The predicted octanol–water partition coefficient (Wildman–Crippen LogP) is -0.630. The van der Waals surface area contributed by atoms with Crippen LogP contribution in [0.2, 0.25) is 0 Å². The van der Waals surface area contributed by atoms with Crippen LogP contribution in [0.4, 0.5) is 0 Å². The smallest absolute Gasteiger partial charge is 0.245 e. The van der Waals surface area contributed by atoms with Gasteiger partial charge in [-0.05, 0) is 6.42 Å². The maximum absolute atomic E-state index is 11.5. The molecule has 1 aliphatic rings. The Morgan fingerprint density at radius 2 is 2.50 bits per heavy atom. The first-order valence-electron chi connectivity index (χ1n) is 4.86. The Bertz CT molecular complexity index is 208. The molecular formula is C9H16N2O3. The fourth-order valence-electron chi connectivity index (χ4n) is 1.33. The Hall–Kier alpha value is -1.10. The summed E-state index contributed by atoms with van der Waals surface area (Å²) >= 11 is 0. The third kappa shape index (κ3) is 2.70. The lowest BCUT2D eigenvalue weighted by Gasteiger charge is -2.31. The fraction of sp³-hybridized carbons (Fsp3) is 0.778. The molecule has 1 saturated heterocycles. The molecule has 1 unspecified atom stereocenters. The summed E-state index contributed by atoms with van der Waals surface area (Å²) in [6.45, 7) is 3.93. The Kier molecular flexibility index (Phi) is 4.39. The molecule has 14 heavy (non-hydrogen) atoms. The molecule has 0 aliphatic carbocycles. The first kappa shape index (κ1) is 11.0. The van der Waals surface area contributed by atoms with E-state index in [4.69, 9.17) is 4.74 Å². The number of hydrogen-bond donors (Lipinski definition) is 1. The van der Waals surface area contributed by atoms with Crippen LogP contribution >= 0.6 is 0 Å². The maximum atomic E-state index is 11.5. The second-order valence-corrected chi connectivity index (χ2v) is 3.22. The third-order valence-corrected chi connectivity index (χ3v) is 2.16. The molecule has 0 aromatic heterocycles. The van der Waals surface area contributed by atoms with Crippen LogP contribution in [0.15, 0.2) is 0 Å². The molecule has 1 aliphatic heterocycles. The van der Waals surface area contributed by atoms with Gasteiger partial charge in [0.05, 0.1) is 13.2 Å². The van der Waals surface area contributed by atoms with Crippen LogP contribution in [0.1, 0.15) is 13.3 Å². The minimum absolute atomic E-state index is 0.126. The van der Waals surface area contributed by atoms with Gasteiger partial charge in [0.2, 0.25) is 12.3 Å². The molecule has 0 bridgehead atoms. The zero-order valence-electron chi connectivity index (χ0n) is 8.36. The molecule has 0 spiro atoms. The van der Waals surface area contributed by atoms with Crippen LogP contribution in [0.25, 0.3) is 0 Å². The lowest BCUT2D eigenvalue weighted by Crippen LogP contribution is -2.53. The first-order chi connectivity index (χ1) is 6.79. The Morgan fingerprint density at radius 3 is 3.14 bits per heavy atom. The average molecular weight is 200 g/mol. The molecule has 2 amide bonds. The van der Waals surface area contributed by atoms with Crippen LogP contribution < -0.4 is 5.32 Å². The molecule has 0 aromatic rings. The third-order valence-electron chi connectivity index (χ3n) is 2.16. The Balaban J connectivity index is 2.45. The highest BCUT2D eigenvalue weighted by atomic mass is 16.5. The predicted molar refractivity (Wildman–Crippen MR) is 50.7 cm³/mol. The van der Waals surface area contributed by atoms with Crippen molar-refractivity contribution in [2.24, 2.45) is 0 Å². The van der Waals surface area contributed by atoms with Crippen molar-refractivity contribution in [2.75, 3.05) is 26.3 Å².